The number of morpholine rings is 1. The van der Waals surface area contributed by atoms with Gasteiger partial charge in [-0.15, -0.1) is 0 Å². The summed E-state index contributed by atoms with van der Waals surface area (Å²) in [6.45, 7) is 4.55. The van der Waals surface area contributed by atoms with Crippen molar-refractivity contribution in [2.75, 3.05) is 40.0 Å². The van der Waals surface area contributed by atoms with Crippen LogP contribution in [0.4, 0.5) is 0 Å². The SMILES string of the molecule is COc1ccc2c(c1)C(=O)c1c-2c(=O)n(CCN2CCOCC2)c2ccccc12. The molecule has 0 saturated carbocycles. The second-order valence-electron chi connectivity index (χ2n) is 7.42. The Labute approximate surface area is 168 Å². The quantitative estimate of drug-likeness (QED) is 0.536. The van der Waals surface area contributed by atoms with E-state index in [1.54, 1.807) is 19.2 Å². The molecule has 1 aliphatic heterocycles. The molecule has 2 aliphatic rings. The zero-order valence-electron chi connectivity index (χ0n) is 16.3. The predicted octanol–water partition coefficient (Wildman–Crippen LogP) is 2.55. The summed E-state index contributed by atoms with van der Waals surface area (Å²) < 4.78 is 12.5. The Morgan fingerprint density at radius 2 is 1.76 bits per heavy atom. The minimum atomic E-state index is -0.109. The summed E-state index contributed by atoms with van der Waals surface area (Å²) >= 11 is 0. The molecular formula is C23H22N2O4. The van der Waals surface area contributed by atoms with E-state index in [9.17, 15) is 9.59 Å². The predicted molar refractivity (Wildman–Crippen MR) is 111 cm³/mol. The minimum absolute atomic E-state index is 0.107. The number of methoxy groups -OCH3 is 1. The highest BCUT2D eigenvalue weighted by molar-refractivity contribution is 6.27. The highest BCUT2D eigenvalue weighted by atomic mass is 16.5. The zero-order valence-corrected chi connectivity index (χ0v) is 16.3. The van der Waals surface area contributed by atoms with E-state index < -0.39 is 0 Å². The van der Waals surface area contributed by atoms with Crippen LogP contribution < -0.4 is 10.3 Å². The fraction of sp³-hybridized carbons (Fsp3) is 0.304. The first-order chi connectivity index (χ1) is 14.2. The monoisotopic (exact) mass is 390 g/mol. The summed E-state index contributed by atoms with van der Waals surface area (Å²) in [6.07, 6.45) is 0. The Morgan fingerprint density at radius 1 is 0.966 bits per heavy atom. The van der Waals surface area contributed by atoms with E-state index in [1.165, 1.54) is 0 Å². The van der Waals surface area contributed by atoms with Crippen LogP contribution >= 0.6 is 0 Å². The van der Waals surface area contributed by atoms with E-state index >= 15 is 0 Å². The average molecular weight is 390 g/mol. The summed E-state index contributed by atoms with van der Waals surface area (Å²) in [5.41, 5.74) is 2.95. The smallest absolute Gasteiger partial charge is 0.259 e. The molecule has 0 spiro atoms. The van der Waals surface area contributed by atoms with E-state index in [4.69, 9.17) is 9.47 Å². The number of hydrogen-bond acceptors (Lipinski definition) is 5. The minimum Gasteiger partial charge on any atom is -0.497 e. The van der Waals surface area contributed by atoms with Gasteiger partial charge in [0.1, 0.15) is 5.75 Å². The molecule has 6 heteroatoms. The van der Waals surface area contributed by atoms with Gasteiger partial charge in [0.2, 0.25) is 0 Å². The van der Waals surface area contributed by atoms with Crippen molar-refractivity contribution >= 4 is 16.7 Å². The van der Waals surface area contributed by atoms with Gasteiger partial charge in [0, 0.05) is 42.7 Å². The molecule has 0 N–H and O–H groups in total. The van der Waals surface area contributed by atoms with Gasteiger partial charge in [0.15, 0.2) is 5.78 Å². The number of pyridine rings is 1. The lowest BCUT2D eigenvalue weighted by molar-refractivity contribution is 0.0364. The highest BCUT2D eigenvalue weighted by Crippen LogP contribution is 2.39. The maximum atomic E-state index is 13.5. The van der Waals surface area contributed by atoms with Crippen molar-refractivity contribution in [1.29, 1.82) is 0 Å². The number of ether oxygens (including phenoxy) is 2. The summed E-state index contributed by atoms with van der Waals surface area (Å²) in [5.74, 6) is 0.504. The fourth-order valence-corrected chi connectivity index (χ4v) is 4.37. The Bertz CT molecular complexity index is 1180. The average Bonchev–Trinajstić information content (AvgIpc) is 3.07. The molecule has 2 heterocycles. The topological polar surface area (TPSA) is 60.8 Å². The van der Waals surface area contributed by atoms with Crippen LogP contribution in [-0.4, -0.2) is 55.2 Å². The number of ketones is 1. The van der Waals surface area contributed by atoms with Gasteiger partial charge in [-0.2, -0.15) is 0 Å². The molecule has 1 fully saturated rings. The zero-order chi connectivity index (χ0) is 20.0. The van der Waals surface area contributed by atoms with Crippen LogP contribution in [0.2, 0.25) is 0 Å². The van der Waals surface area contributed by atoms with Crippen LogP contribution in [0.5, 0.6) is 5.75 Å². The lowest BCUT2D eigenvalue weighted by atomic mass is 10.0. The molecule has 0 bridgehead atoms. The molecular weight excluding hydrogens is 368 g/mol. The third-order valence-corrected chi connectivity index (χ3v) is 5.88. The second kappa shape index (κ2) is 7.13. The Balaban J connectivity index is 1.67. The van der Waals surface area contributed by atoms with Crippen molar-refractivity contribution in [2.24, 2.45) is 0 Å². The number of para-hydroxylation sites is 1. The van der Waals surface area contributed by atoms with E-state index in [0.717, 1.165) is 43.8 Å². The van der Waals surface area contributed by atoms with Gasteiger partial charge in [-0.05, 0) is 29.8 Å². The van der Waals surface area contributed by atoms with E-state index in [-0.39, 0.29) is 11.3 Å². The lowest BCUT2D eigenvalue weighted by Gasteiger charge is -2.27. The largest absolute Gasteiger partial charge is 0.497 e. The number of carbonyl (C=O) groups is 1. The first-order valence-corrected chi connectivity index (χ1v) is 9.88. The molecule has 0 atom stereocenters. The summed E-state index contributed by atoms with van der Waals surface area (Å²) in [7, 11) is 1.57. The number of aromatic nitrogens is 1. The van der Waals surface area contributed by atoms with Gasteiger partial charge in [0.25, 0.3) is 5.56 Å². The van der Waals surface area contributed by atoms with Crippen molar-refractivity contribution in [1.82, 2.24) is 9.47 Å². The molecule has 29 heavy (non-hydrogen) atoms. The van der Waals surface area contributed by atoms with Crippen LogP contribution in [-0.2, 0) is 11.3 Å². The molecule has 0 radical (unpaired) electrons. The van der Waals surface area contributed by atoms with E-state index in [0.29, 0.717) is 34.5 Å². The first kappa shape index (κ1) is 18.1. The van der Waals surface area contributed by atoms with Gasteiger partial charge in [0.05, 0.1) is 31.4 Å². The number of nitrogens with zero attached hydrogens (tertiary/aromatic N) is 2. The maximum absolute atomic E-state index is 13.5. The van der Waals surface area contributed by atoms with Gasteiger partial charge < -0.3 is 14.0 Å². The van der Waals surface area contributed by atoms with Crippen LogP contribution in [0.25, 0.3) is 22.0 Å². The van der Waals surface area contributed by atoms with E-state index in [2.05, 4.69) is 4.90 Å². The van der Waals surface area contributed by atoms with Crippen molar-refractivity contribution in [3.8, 4) is 16.9 Å². The first-order valence-electron chi connectivity index (χ1n) is 9.88. The highest BCUT2D eigenvalue weighted by Gasteiger charge is 2.33. The third-order valence-electron chi connectivity index (χ3n) is 5.88. The number of carbonyl (C=O) groups excluding carboxylic acids is 1. The van der Waals surface area contributed by atoms with Crippen molar-refractivity contribution in [3.63, 3.8) is 0 Å². The Hall–Kier alpha value is -2.96. The molecule has 6 nitrogen and oxygen atoms in total. The van der Waals surface area contributed by atoms with Crippen LogP contribution in [0, 0.1) is 0 Å². The molecule has 0 unspecified atom stereocenters. The Morgan fingerprint density at radius 3 is 2.55 bits per heavy atom. The standard InChI is InChI=1S/C23H22N2O4/c1-28-15-6-7-16-18(14-15)22(26)20-17-4-2-3-5-19(17)25(23(27)21(16)20)9-8-24-10-12-29-13-11-24/h2-7,14H,8-13H2,1H3. The number of rotatable bonds is 4. The molecule has 1 aliphatic carbocycles. The molecule has 3 aromatic rings. The molecule has 0 amide bonds. The van der Waals surface area contributed by atoms with E-state index in [1.807, 2.05) is 34.9 Å². The van der Waals surface area contributed by atoms with Crippen molar-refractivity contribution in [2.45, 2.75) is 6.54 Å². The Kier molecular flexibility index (Phi) is 4.45. The van der Waals surface area contributed by atoms with Crippen molar-refractivity contribution in [3.05, 3.63) is 63.9 Å². The van der Waals surface area contributed by atoms with Crippen LogP contribution in [0.1, 0.15) is 15.9 Å². The third kappa shape index (κ3) is 2.87. The summed E-state index contributed by atoms with van der Waals surface area (Å²) in [5, 5.41) is 0.823. The van der Waals surface area contributed by atoms with Gasteiger partial charge >= 0.3 is 0 Å². The number of hydrogen-bond donors (Lipinski definition) is 0. The maximum Gasteiger partial charge on any atom is 0.259 e. The fourth-order valence-electron chi connectivity index (χ4n) is 4.37. The number of fused-ring (bicyclic) bond motifs is 5. The second-order valence-corrected chi connectivity index (χ2v) is 7.42. The molecule has 148 valence electrons. The van der Waals surface area contributed by atoms with Crippen LogP contribution in [0.15, 0.2) is 47.3 Å². The summed E-state index contributed by atoms with van der Waals surface area (Å²) in [6, 6.07) is 13.0. The van der Waals surface area contributed by atoms with Gasteiger partial charge in [-0.1, -0.05) is 18.2 Å². The van der Waals surface area contributed by atoms with Gasteiger partial charge in [-0.25, -0.2) is 0 Å². The number of benzene rings is 2. The molecule has 1 saturated heterocycles. The molecule has 1 aromatic heterocycles. The molecule has 5 rings (SSSR count). The van der Waals surface area contributed by atoms with Crippen LogP contribution in [0.3, 0.4) is 0 Å². The van der Waals surface area contributed by atoms with Gasteiger partial charge in [-0.3, -0.25) is 14.5 Å². The van der Waals surface area contributed by atoms with Crippen molar-refractivity contribution < 1.29 is 14.3 Å². The molecule has 2 aromatic carbocycles. The lowest BCUT2D eigenvalue weighted by Crippen LogP contribution is -2.39. The summed E-state index contributed by atoms with van der Waals surface area (Å²) in [4.78, 5) is 29.1. The normalized spacial score (nSPS) is 16.1.